The molecular weight excluding hydrogens is 344 g/mol. The summed E-state index contributed by atoms with van der Waals surface area (Å²) in [6.45, 7) is 0.353. The molecule has 2 heterocycles. The van der Waals surface area contributed by atoms with Gasteiger partial charge in [0.05, 0.1) is 30.9 Å². The van der Waals surface area contributed by atoms with E-state index in [-0.39, 0.29) is 11.5 Å². The second-order valence-electron chi connectivity index (χ2n) is 6.15. The number of aromatic nitrogens is 3. The molecule has 2 aromatic heterocycles. The maximum atomic E-state index is 13.1. The van der Waals surface area contributed by atoms with Crippen LogP contribution in [0.15, 0.2) is 59.5 Å². The lowest BCUT2D eigenvalue weighted by Gasteiger charge is -2.13. The molecule has 0 aliphatic carbocycles. The van der Waals surface area contributed by atoms with Crippen LogP contribution in [0.4, 0.5) is 0 Å². The lowest BCUT2D eigenvalue weighted by atomic mass is 10.1. The van der Waals surface area contributed by atoms with Crippen molar-refractivity contribution in [1.82, 2.24) is 19.5 Å². The summed E-state index contributed by atoms with van der Waals surface area (Å²) in [4.78, 5) is 25.2. The van der Waals surface area contributed by atoms with Gasteiger partial charge >= 0.3 is 0 Å². The first-order valence-corrected chi connectivity index (χ1v) is 8.47. The Hall–Kier alpha value is -3.61. The molecule has 27 heavy (non-hydrogen) atoms. The number of ether oxygens (including phenoxy) is 1. The van der Waals surface area contributed by atoms with Gasteiger partial charge in [-0.1, -0.05) is 12.1 Å². The quantitative estimate of drug-likeness (QED) is 0.603. The van der Waals surface area contributed by atoms with Gasteiger partial charge in [-0.05, 0) is 42.0 Å². The van der Waals surface area contributed by atoms with Gasteiger partial charge < -0.3 is 14.6 Å². The van der Waals surface area contributed by atoms with Crippen molar-refractivity contribution in [3.8, 4) is 5.75 Å². The third-order valence-corrected chi connectivity index (χ3v) is 4.57. The fourth-order valence-corrected chi connectivity index (χ4v) is 3.22. The van der Waals surface area contributed by atoms with Gasteiger partial charge in [-0.2, -0.15) is 5.10 Å². The van der Waals surface area contributed by atoms with E-state index in [1.807, 2.05) is 24.3 Å². The summed E-state index contributed by atoms with van der Waals surface area (Å²) >= 11 is 0. The minimum atomic E-state index is -0.210. The van der Waals surface area contributed by atoms with Crippen LogP contribution >= 0.6 is 0 Å². The number of methoxy groups -OCH3 is 1. The van der Waals surface area contributed by atoms with Crippen molar-refractivity contribution >= 4 is 22.5 Å². The minimum Gasteiger partial charge on any atom is -0.497 e. The molecule has 7 heteroatoms. The lowest BCUT2D eigenvalue weighted by Crippen LogP contribution is -2.24. The number of carbonyl (C=O) groups is 1. The zero-order chi connectivity index (χ0) is 19.0. The number of amides is 1. The molecule has 0 atom stereocenters. The lowest BCUT2D eigenvalue weighted by molar-refractivity contribution is 0.0963. The predicted octanol–water partition coefficient (Wildman–Crippen LogP) is 2.07. The molecule has 4 aromatic rings. The molecule has 0 spiro atoms. The average molecular weight is 362 g/mol. The number of nitrogens with zero attached hydrogens (tertiary/aromatic N) is 3. The number of nitrogens with one attached hydrogen (secondary N) is 1. The van der Waals surface area contributed by atoms with E-state index in [9.17, 15) is 9.59 Å². The van der Waals surface area contributed by atoms with Crippen LogP contribution in [0.3, 0.4) is 0 Å². The largest absolute Gasteiger partial charge is 0.497 e. The Morgan fingerprint density at radius 3 is 2.74 bits per heavy atom. The van der Waals surface area contributed by atoms with Gasteiger partial charge in [-0.3, -0.25) is 9.59 Å². The average Bonchev–Trinajstić information content (AvgIpc) is 3.20. The van der Waals surface area contributed by atoms with Crippen LogP contribution in [0, 0.1) is 0 Å². The standard InChI is InChI=1S/C20H18N4O3/c1-21-19(25)14-6-7-16-18(11-14)23(20(26)17-8-9-22-24(16)17)12-13-4-3-5-15(10-13)27-2/h3-11H,12H2,1-2H3,(H,21,25). The summed E-state index contributed by atoms with van der Waals surface area (Å²) in [6.07, 6.45) is 1.60. The summed E-state index contributed by atoms with van der Waals surface area (Å²) in [6, 6.07) is 14.5. The predicted molar refractivity (Wildman–Crippen MR) is 102 cm³/mol. The normalized spacial score (nSPS) is 11.0. The van der Waals surface area contributed by atoms with Crippen LogP contribution in [0.1, 0.15) is 15.9 Å². The van der Waals surface area contributed by atoms with Crippen LogP contribution in [-0.4, -0.2) is 34.2 Å². The first-order valence-electron chi connectivity index (χ1n) is 8.47. The van der Waals surface area contributed by atoms with Crippen LogP contribution < -0.4 is 15.6 Å². The zero-order valence-corrected chi connectivity index (χ0v) is 15.0. The van der Waals surface area contributed by atoms with Gasteiger partial charge in [0, 0.05) is 12.6 Å². The molecule has 0 saturated carbocycles. The number of benzene rings is 2. The van der Waals surface area contributed by atoms with Crippen molar-refractivity contribution in [2.45, 2.75) is 6.54 Å². The van der Waals surface area contributed by atoms with E-state index in [0.29, 0.717) is 23.1 Å². The Balaban J connectivity index is 1.98. The first kappa shape index (κ1) is 16.8. The Kier molecular flexibility index (Phi) is 4.12. The van der Waals surface area contributed by atoms with Crippen LogP contribution in [-0.2, 0) is 6.54 Å². The maximum Gasteiger partial charge on any atom is 0.277 e. The van der Waals surface area contributed by atoms with Crippen molar-refractivity contribution in [3.05, 3.63) is 76.2 Å². The Morgan fingerprint density at radius 2 is 1.96 bits per heavy atom. The second-order valence-corrected chi connectivity index (χ2v) is 6.15. The molecule has 0 bridgehead atoms. The molecular formula is C20H18N4O3. The fraction of sp³-hybridized carbons (Fsp3) is 0.150. The van der Waals surface area contributed by atoms with Crippen molar-refractivity contribution in [2.75, 3.05) is 14.2 Å². The number of rotatable bonds is 4. The van der Waals surface area contributed by atoms with E-state index in [1.165, 1.54) is 0 Å². The highest BCUT2D eigenvalue weighted by Crippen LogP contribution is 2.19. The van der Waals surface area contributed by atoms with Gasteiger partial charge in [0.2, 0.25) is 0 Å². The summed E-state index contributed by atoms with van der Waals surface area (Å²) in [7, 11) is 3.18. The van der Waals surface area contributed by atoms with Crippen molar-refractivity contribution in [2.24, 2.45) is 0 Å². The minimum absolute atomic E-state index is 0.170. The Bertz CT molecular complexity index is 1220. The number of hydrogen-bond donors (Lipinski definition) is 1. The van der Waals surface area contributed by atoms with Crippen molar-refractivity contribution in [1.29, 1.82) is 0 Å². The summed E-state index contributed by atoms with van der Waals surface area (Å²) in [5.41, 5.74) is 3.11. The molecule has 0 radical (unpaired) electrons. The van der Waals surface area contributed by atoms with Crippen LogP contribution in [0.25, 0.3) is 16.6 Å². The SMILES string of the molecule is CNC(=O)c1ccc2c(c1)n(Cc1cccc(OC)c1)c(=O)c1ccnn12. The number of hydrogen-bond acceptors (Lipinski definition) is 4. The summed E-state index contributed by atoms with van der Waals surface area (Å²) in [5, 5.41) is 6.87. The maximum absolute atomic E-state index is 13.1. The van der Waals surface area contributed by atoms with Gasteiger partial charge in [-0.25, -0.2) is 4.52 Å². The van der Waals surface area contributed by atoms with E-state index in [1.54, 1.807) is 53.7 Å². The first-order chi connectivity index (χ1) is 13.1. The van der Waals surface area contributed by atoms with E-state index in [2.05, 4.69) is 10.4 Å². The molecule has 1 N–H and O–H groups in total. The molecule has 0 unspecified atom stereocenters. The van der Waals surface area contributed by atoms with Gasteiger partial charge in [-0.15, -0.1) is 0 Å². The third kappa shape index (κ3) is 2.83. The molecule has 4 rings (SSSR count). The monoisotopic (exact) mass is 362 g/mol. The third-order valence-electron chi connectivity index (χ3n) is 4.57. The molecule has 2 aromatic carbocycles. The molecule has 0 aliphatic rings. The van der Waals surface area contributed by atoms with E-state index < -0.39 is 0 Å². The van der Waals surface area contributed by atoms with Crippen LogP contribution in [0.2, 0.25) is 0 Å². The number of fused-ring (bicyclic) bond motifs is 3. The Labute approximate surface area is 154 Å². The smallest absolute Gasteiger partial charge is 0.277 e. The molecule has 0 aliphatic heterocycles. The highest BCUT2D eigenvalue weighted by Gasteiger charge is 2.14. The number of carbonyl (C=O) groups excluding carboxylic acids is 1. The van der Waals surface area contributed by atoms with Gasteiger partial charge in [0.1, 0.15) is 11.3 Å². The molecule has 7 nitrogen and oxygen atoms in total. The van der Waals surface area contributed by atoms with E-state index >= 15 is 0 Å². The second kappa shape index (κ2) is 6.60. The molecule has 0 fully saturated rings. The van der Waals surface area contributed by atoms with E-state index in [0.717, 1.165) is 16.8 Å². The van der Waals surface area contributed by atoms with Crippen molar-refractivity contribution < 1.29 is 9.53 Å². The highest BCUT2D eigenvalue weighted by molar-refractivity contribution is 5.97. The summed E-state index contributed by atoms with van der Waals surface area (Å²) in [5.74, 6) is 0.513. The summed E-state index contributed by atoms with van der Waals surface area (Å²) < 4.78 is 8.54. The molecule has 1 amide bonds. The zero-order valence-electron chi connectivity index (χ0n) is 15.0. The van der Waals surface area contributed by atoms with Gasteiger partial charge in [0.15, 0.2) is 0 Å². The van der Waals surface area contributed by atoms with Crippen molar-refractivity contribution in [3.63, 3.8) is 0 Å². The highest BCUT2D eigenvalue weighted by atomic mass is 16.5. The van der Waals surface area contributed by atoms with Crippen LogP contribution in [0.5, 0.6) is 5.75 Å². The topological polar surface area (TPSA) is 77.6 Å². The molecule has 0 saturated heterocycles. The Morgan fingerprint density at radius 1 is 1.11 bits per heavy atom. The molecule has 136 valence electrons. The van der Waals surface area contributed by atoms with Gasteiger partial charge in [0.25, 0.3) is 11.5 Å². The van der Waals surface area contributed by atoms with E-state index in [4.69, 9.17) is 4.74 Å². The fourth-order valence-electron chi connectivity index (χ4n) is 3.22.